The first-order valence-electron chi connectivity index (χ1n) is 8.43. The lowest BCUT2D eigenvalue weighted by atomic mass is 9.92. The molecule has 2 aromatic rings. The van der Waals surface area contributed by atoms with E-state index < -0.39 is 36.3 Å². The van der Waals surface area contributed by atoms with Gasteiger partial charge in [-0.15, -0.1) is 0 Å². The summed E-state index contributed by atoms with van der Waals surface area (Å²) in [6, 6.07) is 3.15. The number of thioether (sulfide) groups is 1. The topological polar surface area (TPSA) is 113 Å². The fourth-order valence-electron chi connectivity index (χ4n) is 2.77. The van der Waals surface area contributed by atoms with E-state index in [1.165, 1.54) is 12.1 Å². The molecule has 0 bridgehead atoms. The average molecular weight is 512 g/mol. The van der Waals surface area contributed by atoms with Gasteiger partial charge in [0.15, 0.2) is 16.6 Å². The molecule has 2 atom stereocenters. The highest BCUT2D eigenvalue weighted by molar-refractivity contribution is 9.10. The van der Waals surface area contributed by atoms with E-state index in [9.17, 15) is 27.6 Å². The molecule has 1 aliphatic heterocycles. The quantitative estimate of drug-likeness (QED) is 0.185. The van der Waals surface area contributed by atoms with Crippen molar-refractivity contribution < 1.29 is 32.2 Å². The number of carbonyl (C=O) groups is 1. The van der Waals surface area contributed by atoms with Gasteiger partial charge in [-0.25, -0.2) is 14.0 Å². The number of hydrogen-bond acceptors (Lipinski definition) is 7. The second-order valence-electron chi connectivity index (χ2n) is 6.34. The number of piperidine rings is 1. The third-order valence-electron chi connectivity index (χ3n) is 4.18. The number of rotatable bonds is 5. The number of alkyl halides is 3. The number of nitrogens with one attached hydrogen (secondary N) is 2. The van der Waals surface area contributed by atoms with Crippen LogP contribution in [0, 0.1) is 11.7 Å². The number of halogens is 5. The number of hydrogen-bond donors (Lipinski definition) is 3. The van der Waals surface area contributed by atoms with Crippen LogP contribution in [0.25, 0.3) is 0 Å². The maximum Gasteiger partial charge on any atom is 0.392 e. The van der Waals surface area contributed by atoms with Gasteiger partial charge in [0, 0.05) is 18.2 Å². The van der Waals surface area contributed by atoms with Gasteiger partial charge in [0.25, 0.3) is 0 Å². The van der Waals surface area contributed by atoms with Crippen molar-refractivity contribution in [1.29, 1.82) is 0 Å². The molecule has 8 nitrogen and oxygen atoms in total. The molecule has 162 valence electrons. The summed E-state index contributed by atoms with van der Waals surface area (Å²) in [5.41, 5.74) is 2.11. The first-order valence-corrected chi connectivity index (χ1v) is 10.2. The van der Waals surface area contributed by atoms with E-state index in [0.717, 1.165) is 17.8 Å². The largest absolute Gasteiger partial charge is 0.392 e. The summed E-state index contributed by atoms with van der Waals surface area (Å²) in [7, 11) is 0. The van der Waals surface area contributed by atoms with Gasteiger partial charge in [-0.1, -0.05) is 11.8 Å². The van der Waals surface area contributed by atoms with Crippen molar-refractivity contribution in [1.82, 2.24) is 21.1 Å². The first kappa shape index (κ1) is 22.5. The fraction of sp³-hybridized carbons (Fsp3) is 0.375. The molecule has 0 aliphatic carbocycles. The summed E-state index contributed by atoms with van der Waals surface area (Å²) < 4.78 is 57.1. The molecule has 14 heteroatoms. The highest BCUT2D eigenvalue weighted by Gasteiger charge is 2.44. The van der Waals surface area contributed by atoms with Crippen molar-refractivity contribution in [3.8, 4) is 0 Å². The van der Waals surface area contributed by atoms with Gasteiger partial charge in [-0.3, -0.25) is 15.5 Å². The molecule has 1 amide bonds. The highest BCUT2D eigenvalue weighted by atomic mass is 79.9. The Kier molecular flexibility index (Phi) is 6.98. The minimum absolute atomic E-state index is 0.00236. The summed E-state index contributed by atoms with van der Waals surface area (Å²) >= 11 is 4.01. The number of aliphatic imine (C=N–C) groups is 1. The molecule has 1 aliphatic rings. The predicted octanol–water partition coefficient (Wildman–Crippen LogP) is 3.58. The van der Waals surface area contributed by atoms with Gasteiger partial charge in [-0.2, -0.15) is 13.2 Å². The number of amidine groups is 1. The molecule has 0 saturated carbocycles. The Labute approximate surface area is 179 Å². The van der Waals surface area contributed by atoms with E-state index in [-0.39, 0.29) is 38.9 Å². The van der Waals surface area contributed by atoms with Crippen molar-refractivity contribution in [3.05, 3.63) is 34.2 Å². The Morgan fingerprint density at radius 3 is 2.87 bits per heavy atom. The van der Waals surface area contributed by atoms with Gasteiger partial charge in [-0.05, 0) is 50.9 Å². The van der Waals surface area contributed by atoms with Crippen LogP contribution in [0.3, 0.4) is 0 Å². The molecule has 0 spiro atoms. The minimum atomic E-state index is -4.45. The molecule has 30 heavy (non-hydrogen) atoms. The van der Waals surface area contributed by atoms with Crippen LogP contribution >= 0.6 is 27.7 Å². The standard InChI is InChI=1S/C16H14BrF4N5O3S/c17-10-5-8(1-2-11(10)18)23-14(24-28)13-15(26-29-25-13)30-6-9-3-7(16(19,20)21)4-12(27)22-9/h1-2,5,7,9,28H,3-4,6H2,(H,22,27)(H,23,24). The molecular weight excluding hydrogens is 498 g/mol. The molecule has 1 fully saturated rings. The smallest absolute Gasteiger partial charge is 0.352 e. The highest BCUT2D eigenvalue weighted by Crippen LogP contribution is 2.35. The van der Waals surface area contributed by atoms with Crippen LogP contribution in [0.1, 0.15) is 18.5 Å². The predicted molar refractivity (Wildman–Crippen MR) is 101 cm³/mol. The Bertz CT molecular complexity index is 955. The Morgan fingerprint density at radius 1 is 1.43 bits per heavy atom. The Hall–Kier alpha value is -2.19. The van der Waals surface area contributed by atoms with E-state index in [1.54, 1.807) is 0 Å². The van der Waals surface area contributed by atoms with Crippen molar-refractivity contribution in [2.45, 2.75) is 30.1 Å². The zero-order valence-corrected chi connectivity index (χ0v) is 17.3. The minimum Gasteiger partial charge on any atom is -0.352 e. The number of aromatic nitrogens is 2. The van der Waals surface area contributed by atoms with Crippen LogP contribution in [0.5, 0.6) is 0 Å². The van der Waals surface area contributed by atoms with Crippen molar-refractivity contribution in [3.63, 3.8) is 0 Å². The summed E-state index contributed by atoms with van der Waals surface area (Å²) in [5.74, 6) is -2.98. The van der Waals surface area contributed by atoms with Crippen molar-refractivity contribution >= 4 is 45.1 Å². The zero-order chi connectivity index (χ0) is 21.9. The lowest BCUT2D eigenvalue weighted by molar-refractivity contribution is -0.186. The maximum atomic E-state index is 13.4. The summed E-state index contributed by atoms with van der Waals surface area (Å²) in [5, 5.41) is 19.4. The molecule has 1 aromatic heterocycles. The molecule has 0 radical (unpaired) electrons. The van der Waals surface area contributed by atoms with Crippen molar-refractivity contribution in [2.75, 3.05) is 5.75 Å². The summed E-state index contributed by atoms with van der Waals surface area (Å²) in [6.45, 7) is 0. The summed E-state index contributed by atoms with van der Waals surface area (Å²) in [6.07, 6.45) is -5.31. The normalized spacial score (nSPS) is 20.2. The van der Waals surface area contributed by atoms with Gasteiger partial charge in [0.1, 0.15) is 5.82 Å². The van der Waals surface area contributed by atoms with E-state index in [0.29, 0.717) is 0 Å². The second-order valence-corrected chi connectivity index (χ2v) is 8.21. The molecule has 2 unspecified atom stereocenters. The number of hydroxylamine groups is 1. The number of carbonyl (C=O) groups excluding carboxylic acids is 1. The number of benzene rings is 1. The van der Waals surface area contributed by atoms with Crippen LogP contribution in [0.2, 0.25) is 0 Å². The lowest BCUT2D eigenvalue weighted by Gasteiger charge is -2.30. The number of amides is 1. The monoisotopic (exact) mass is 511 g/mol. The van der Waals surface area contributed by atoms with Gasteiger partial charge < -0.3 is 5.32 Å². The zero-order valence-electron chi connectivity index (χ0n) is 14.9. The van der Waals surface area contributed by atoms with E-state index >= 15 is 0 Å². The Morgan fingerprint density at radius 2 is 2.20 bits per heavy atom. The van der Waals surface area contributed by atoms with Gasteiger partial charge >= 0.3 is 6.18 Å². The van der Waals surface area contributed by atoms with Crippen LogP contribution in [0.4, 0.5) is 23.2 Å². The second kappa shape index (κ2) is 9.31. The van der Waals surface area contributed by atoms with Crippen LogP contribution < -0.4 is 10.8 Å². The Balaban J connectivity index is 1.73. The van der Waals surface area contributed by atoms with E-state index in [4.69, 9.17) is 0 Å². The fourth-order valence-corrected chi connectivity index (χ4v) is 4.07. The van der Waals surface area contributed by atoms with E-state index in [1.807, 2.05) is 5.48 Å². The van der Waals surface area contributed by atoms with E-state index in [2.05, 4.69) is 41.2 Å². The number of nitrogens with zero attached hydrogens (tertiary/aromatic N) is 3. The third-order valence-corrected chi connectivity index (χ3v) is 5.90. The van der Waals surface area contributed by atoms with Crippen LogP contribution in [0.15, 0.2) is 37.3 Å². The van der Waals surface area contributed by atoms with Gasteiger partial charge in [0.2, 0.25) is 5.91 Å². The molecule has 3 rings (SSSR count). The molecule has 2 heterocycles. The molecule has 3 N–H and O–H groups in total. The first-order chi connectivity index (χ1) is 14.2. The van der Waals surface area contributed by atoms with Crippen LogP contribution in [-0.2, 0) is 4.79 Å². The van der Waals surface area contributed by atoms with Gasteiger partial charge in [0.05, 0.1) is 16.1 Å². The summed E-state index contributed by atoms with van der Waals surface area (Å²) in [4.78, 5) is 15.7. The van der Waals surface area contributed by atoms with Crippen molar-refractivity contribution in [2.24, 2.45) is 10.9 Å². The third kappa shape index (κ3) is 5.49. The molecule has 1 aromatic carbocycles. The van der Waals surface area contributed by atoms with Crippen LogP contribution in [-0.4, -0.2) is 45.2 Å². The lowest BCUT2D eigenvalue weighted by Crippen LogP contribution is -2.47. The maximum absolute atomic E-state index is 13.4. The molecule has 1 saturated heterocycles. The average Bonchev–Trinajstić information content (AvgIpc) is 3.14. The molecular formula is C16H14BrF4N5O3S. The SMILES string of the molecule is O=C1CC(C(F)(F)F)CC(CSc2nonc2C(=Nc2ccc(F)c(Br)c2)NO)N1.